The van der Waals surface area contributed by atoms with Crippen molar-refractivity contribution in [2.75, 3.05) is 0 Å². The number of rotatable bonds is 2. The quantitative estimate of drug-likeness (QED) is 0.696. The molecule has 6 heteroatoms. The number of carboxylic acids is 1. The zero-order valence-electron chi connectivity index (χ0n) is 7.08. The molecule has 72 valence electrons. The maximum Gasteiger partial charge on any atom is 0.339 e. The van der Waals surface area contributed by atoms with Crippen LogP contribution < -0.4 is 0 Å². The van der Waals surface area contributed by atoms with Gasteiger partial charge in [-0.15, -0.1) is 10.2 Å². The molecule has 0 aliphatic rings. The van der Waals surface area contributed by atoms with Crippen molar-refractivity contribution in [3.8, 4) is 0 Å². The monoisotopic (exact) mass is 193 g/mol. The summed E-state index contributed by atoms with van der Waals surface area (Å²) in [4.78, 5) is 10.8. The Morgan fingerprint density at radius 2 is 2.29 bits per heavy atom. The molecule has 14 heavy (non-hydrogen) atoms. The van der Waals surface area contributed by atoms with Crippen LogP contribution in [0.3, 0.4) is 0 Å². The van der Waals surface area contributed by atoms with Gasteiger partial charge < -0.3 is 10.2 Å². The van der Waals surface area contributed by atoms with Crippen LogP contribution in [0.15, 0.2) is 18.3 Å². The van der Waals surface area contributed by atoms with Gasteiger partial charge in [0.05, 0.1) is 0 Å². The molecule has 0 saturated carbocycles. The fraction of sp³-hybridized carbons (Fsp3) is 0.125. The number of fused-ring (bicyclic) bond motifs is 1. The average Bonchev–Trinajstić information content (AvgIpc) is 2.59. The molecule has 0 atom stereocenters. The Morgan fingerprint density at radius 3 is 2.93 bits per heavy atom. The van der Waals surface area contributed by atoms with Crippen molar-refractivity contribution in [2.24, 2.45) is 0 Å². The largest absolute Gasteiger partial charge is 0.478 e. The van der Waals surface area contributed by atoms with Gasteiger partial charge in [-0.05, 0) is 12.1 Å². The minimum atomic E-state index is -1.06. The Kier molecular flexibility index (Phi) is 1.90. The highest BCUT2D eigenvalue weighted by molar-refractivity contribution is 5.94. The van der Waals surface area contributed by atoms with Gasteiger partial charge in [-0.3, -0.25) is 4.40 Å². The van der Waals surface area contributed by atoms with Crippen LogP contribution >= 0.6 is 0 Å². The number of pyridine rings is 1. The van der Waals surface area contributed by atoms with Crippen molar-refractivity contribution in [1.82, 2.24) is 14.6 Å². The fourth-order valence-electron chi connectivity index (χ4n) is 1.24. The second kappa shape index (κ2) is 3.08. The molecule has 0 unspecified atom stereocenters. The van der Waals surface area contributed by atoms with Crippen LogP contribution in [0.4, 0.5) is 0 Å². The van der Waals surface area contributed by atoms with E-state index in [1.165, 1.54) is 10.5 Å². The molecule has 2 rings (SSSR count). The molecule has 2 aromatic rings. The number of aliphatic hydroxyl groups is 1. The molecule has 0 amide bonds. The lowest BCUT2D eigenvalue weighted by molar-refractivity contribution is 0.0698. The Hall–Kier alpha value is -1.95. The van der Waals surface area contributed by atoms with E-state index in [9.17, 15) is 4.79 Å². The Labute approximate surface area is 78.4 Å². The third kappa shape index (κ3) is 1.12. The highest BCUT2D eigenvalue weighted by atomic mass is 16.4. The highest BCUT2D eigenvalue weighted by Crippen LogP contribution is 2.09. The second-order valence-electron chi connectivity index (χ2n) is 2.69. The van der Waals surface area contributed by atoms with Crippen LogP contribution in [0.5, 0.6) is 0 Å². The van der Waals surface area contributed by atoms with Gasteiger partial charge in [-0.25, -0.2) is 4.79 Å². The van der Waals surface area contributed by atoms with Crippen molar-refractivity contribution in [3.63, 3.8) is 0 Å². The lowest BCUT2D eigenvalue weighted by Gasteiger charge is -1.97. The first kappa shape index (κ1) is 8.64. The predicted octanol–water partition coefficient (Wildman–Crippen LogP) is -0.0802. The maximum atomic E-state index is 10.8. The number of aliphatic hydroxyl groups excluding tert-OH is 1. The van der Waals surface area contributed by atoms with Crippen LogP contribution in [0.25, 0.3) is 5.65 Å². The predicted molar refractivity (Wildman–Crippen MR) is 45.9 cm³/mol. The number of aromatic carboxylic acids is 1. The average molecular weight is 193 g/mol. The lowest BCUT2D eigenvalue weighted by Crippen LogP contribution is -2.01. The van der Waals surface area contributed by atoms with Gasteiger partial charge in [0.1, 0.15) is 12.2 Å². The smallest absolute Gasteiger partial charge is 0.339 e. The van der Waals surface area contributed by atoms with E-state index in [-0.39, 0.29) is 17.8 Å². The van der Waals surface area contributed by atoms with Crippen molar-refractivity contribution < 1.29 is 15.0 Å². The molecule has 0 bridgehead atoms. The van der Waals surface area contributed by atoms with E-state index >= 15 is 0 Å². The van der Waals surface area contributed by atoms with Crippen LogP contribution in [0, 0.1) is 0 Å². The highest BCUT2D eigenvalue weighted by Gasteiger charge is 2.12. The van der Waals surface area contributed by atoms with Gasteiger partial charge in [0.15, 0.2) is 11.5 Å². The molecular weight excluding hydrogens is 186 g/mol. The number of hydrogen-bond donors (Lipinski definition) is 2. The van der Waals surface area contributed by atoms with Crippen LogP contribution in [-0.2, 0) is 6.61 Å². The summed E-state index contributed by atoms with van der Waals surface area (Å²) in [6.45, 7) is -0.274. The summed E-state index contributed by atoms with van der Waals surface area (Å²) >= 11 is 0. The molecule has 6 nitrogen and oxygen atoms in total. The van der Waals surface area contributed by atoms with Crippen molar-refractivity contribution >= 4 is 11.6 Å². The Bertz CT molecular complexity index is 492. The molecule has 0 saturated heterocycles. The SMILES string of the molecule is O=C(O)c1cccn2c(CO)nnc12. The maximum absolute atomic E-state index is 10.8. The first-order valence-electron chi connectivity index (χ1n) is 3.91. The molecule has 0 fully saturated rings. The normalized spacial score (nSPS) is 10.6. The van der Waals surface area contributed by atoms with Crippen LogP contribution in [-0.4, -0.2) is 30.8 Å². The zero-order valence-corrected chi connectivity index (χ0v) is 7.08. The topological polar surface area (TPSA) is 87.7 Å². The van der Waals surface area contributed by atoms with Gasteiger partial charge in [-0.2, -0.15) is 0 Å². The first-order valence-corrected chi connectivity index (χ1v) is 3.91. The molecule has 0 spiro atoms. The molecule has 0 aromatic carbocycles. The van der Waals surface area contributed by atoms with E-state index in [1.807, 2.05) is 0 Å². The third-order valence-corrected chi connectivity index (χ3v) is 1.88. The van der Waals surface area contributed by atoms with Gasteiger partial charge in [0.2, 0.25) is 0 Å². The fourth-order valence-corrected chi connectivity index (χ4v) is 1.24. The van der Waals surface area contributed by atoms with Crippen molar-refractivity contribution in [1.29, 1.82) is 0 Å². The summed E-state index contributed by atoms with van der Waals surface area (Å²) in [5, 5.41) is 25.0. The number of carbonyl (C=O) groups is 1. The second-order valence-corrected chi connectivity index (χ2v) is 2.69. The summed E-state index contributed by atoms with van der Waals surface area (Å²) in [5.41, 5.74) is 0.309. The summed E-state index contributed by atoms with van der Waals surface area (Å²) in [6, 6.07) is 3.01. The number of hydrogen-bond acceptors (Lipinski definition) is 4. The van der Waals surface area contributed by atoms with Gasteiger partial charge in [0, 0.05) is 6.20 Å². The van der Waals surface area contributed by atoms with Gasteiger partial charge in [-0.1, -0.05) is 0 Å². The van der Waals surface area contributed by atoms with E-state index in [2.05, 4.69) is 10.2 Å². The summed E-state index contributed by atoms with van der Waals surface area (Å²) < 4.78 is 1.45. The molecule has 0 aliphatic heterocycles. The molecule has 2 N–H and O–H groups in total. The summed E-state index contributed by atoms with van der Waals surface area (Å²) in [6.07, 6.45) is 1.60. The van der Waals surface area contributed by atoms with Gasteiger partial charge >= 0.3 is 5.97 Å². The Balaban J connectivity index is 2.76. The molecule has 2 heterocycles. The summed E-state index contributed by atoms with van der Waals surface area (Å²) in [7, 11) is 0. The number of aromatic nitrogens is 3. The minimum Gasteiger partial charge on any atom is -0.478 e. The van der Waals surface area contributed by atoms with Crippen molar-refractivity contribution in [3.05, 3.63) is 29.7 Å². The van der Waals surface area contributed by atoms with Crippen molar-refractivity contribution in [2.45, 2.75) is 6.61 Å². The first-order chi connectivity index (χ1) is 6.74. The Morgan fingerprint density at radius 1 is 1.50 bits per heavy atom. The van der Waals surface area contributed by atoms with E-state index in [4.69, 9.17) is 10.2 Å². The molecule has 0 radical (unpaired) electrons. The van der Waals surface area contributed by atoms with E-state index in [0.29, 0.717) is 5.82 Å². The standard InChI is InChI=1S/C8H7N3O3/c12-4-6-9-10-7-5(8(13)14)2-1-3-11(6)7/h1-3,12H,4H2,(H,13,14). The molecular formula is C8H7N3O3. The number of carboxylic acid groups (broad SMARTS) is 1. The van der Waals surface area contributed by atoms with Crippen LogP contribution in [0.1, 0.15) is 16.2 Å². The number of nitrogens with zero attached hydrogens (tertiary/aromatic N) is 3. The molecule has 2 aromatic heterocycles. The van der Waals surface area contributed by atoms with Gasteiger partial charge in [0.25, 0.3) is 0 Å². The zero-order chi connectivity index (χ0) is 10.1. The van der Waals surface area contributed by atoms with E-state index in [1.54, 1.807) is 12.3 Å². The lowest BCUT2D eigenvalue weighted by atomic mass is 10.3. The minimum absolute atomic E-state index is 0.0692. The van der Waals surface area contributed by atoms with E-state index < -0.39 is 5.97 Å². The molecule has 0 aliphatic carbocycles. The van der Waals surface area contributed by atoms with E-state index in [0.717, 1.165) is 0 Å². The third-order valence-electron chi connectivity index (χ3n) is 1.88. The van der Waals surface area contributed by atoms with Crippen LogP contribution in [0.2, 0.25) is 0 Å². The summed E-state index contributed by atoms with van der Waals surface area (Å²) in [5.74, 6) is -0.740.